The van der Waals surface area contributed by atoms with Gasteiger partial charge in [-0.2, -0.15) is 0 Å². The van der Waals surface area contributed by atoms with Crippen molar-refractivity contribution in [1.29, 1.82) is 0 Å². The molecule has 1 saturated heterocycles. The Morgan fingerprint density at radius 1 is 1.20 bits per heavy atom. The predicted octanol–water partition coefficient (Wildman–Crippen LogP) is 1.51. The van der Waals surface area contributed by atoms with E-state index in [0.717, 1.165) is 0 Å². The van der Waals surface area contributed by atoms with Crippen molar-refractivity contribution in [1.82, 2.24) is 14.7 Å². The number of aryl methyl sites for hydroxylation is 1. The summed E-state index contributed by atoms with van der Waals surface area (Å²) in [5, 5.41) is 3.63. The summed E-state index contributed by atoms with van der Waals surface area (Å²) in [5.74, 6) is 0.104. The van der Waals surface area contributed by atoms with Gasteiger partial charge in [-0.25, -0.2) is 8.42 Å². The second-order valence-electron chi connectivity index (χ2n) is 6.08. The highest BCUT2D eigenvalue weighted by Gasteiger charge is 2.33. The van der Waals surface area contributed by atoms with Crippen LogP contribution in [0.3, 0.4) is 0 Å². The third kappa shape index (κ3) is 3.39. The first kappa shape index (κ1) is 17.5. The average Bonchev–Trinajstić information content (AvgIpc) is 3.03. The Balaban J connectivity index is 1.70. The van der Waals surface area contributed by atoms with Crippen LogP contribution in [0.2, 0.25) is 0 Å². The fourth-order valence-corrected chi connectivity index (χ4v) is 4.86. The lowest BCUT2D eigenvalue weighted by Crippen LogP contribution is -2.42. The number of nitrogens with zero attached hydrogens (tertiary/aromatic N) is 3. The fourth-order valence-electron chi connectivity index (χ4n) is 3.11. The van der Waals surface area contributed by atoms with Gasteiger partial charge in [0.15, 0.2) is 9.84 Å². The van der Waals surface area contributed by atoms with E-state index in [0.29, 0.717) is 36.4 Å². The van der Waals surface area contributed by atoms with Crippen molar-refractivity contribution >= 4 is 15.7 Å². The monoisotopic (exact) mass is 363 g/mol. The maximum Gasteiger partial charge on any atom is 0.260 e. The van der Waals surface area contributed by atoms with Gasteiger partial charge in [-0.1, -0.05) is 18.2 Å². The lowest BCUT2D eigenvalue weighted by molar-refractivity contribution is 0.0722. The van der Waals surface area contributed by atoms with Crippen LogP contribution >= 0.6 is 0 Å². The van der Waals surface area contributed by atoms with E-state index >= 15 is 0 Å². The number of amides is 1. The Kier molecular flexibility index (Phi) is 4.80. The number of benzene rings is 1. The standard InChI is InChI=1S/C17H21N3O4S/c1-19-12-15(16(18-19)24-2)17(21)20-10-8-14(9-11-20)25(22,23)13-6-4-3-5-7-13/h3-7,12,14H,8-11H2,1-2H3. The van der Waals surface area contributed by atoms with Crippen molar-refractivity contribution in [2.75, 3.05) is 20.2 Å². The minimum atomic E-state index is -3.36. The first-order chi connectivity index (χ1) is 11.9. The quantitative estimate of drug-likeness (QED) is 0.822. The van der Waals surface area contributed by atoms with Crippen LogP contribution < -0.4 is 4.74 Å². The molecule has 1 aliphatic heterocycles. The minimum absolute atomic E-state index is 0.180. The number of ether oxygens (including phenoxy) is 1. The number of hydrogen-bond acceptors (Lipinski definition) is 5. The van der Waals surface area contributed by atoms with Crippen LogP contribution in [0.5, 0.6) is 5.88 Å². The first-order valence-electron chi connectivity index (χ1n) is 8.09. The number of piperidine rings is 1. The molecule has 7 nitrogen and oxygen atoms in total. The van der Waals surface area contributed by atoms with Gasteiger partial charge in [-0.15, -0.1) is 5.10 Å². The molecule has 8 heteroatoms. The molecule has 0 saturated carbocycles. The Bertz CT molecular complexity index is 853. The number of hydrogen-bond donors (Lipinski definition) is 0. The zero-order valence-electron chi connectivity index (χ0n) is 14.3. The van der Waals surface area contributed by atoms with Crippen LogP contribution in [0.15, 0.2) is 41.4 Å². The molecule has 1 aromatic heterocycles. The molecule has 1 fully saturated rings. The van der Waals surface area contributed by atoms with Crippen LogP contribution in [0.25, 0.3) is 0 Å². The highest BCUT2D eigenvalue weighted by atomic mass is 32.2. The molecule has 1 aliphatic rings. The lowest BCUT2D eigenvalue weighted by atomic mass is 10.1. The number of carbonyl (C=O) groups excluding carboxylic acids is 1. The predicted molar refractivity (Wildman–Crippen MR) is 92.3 cm³/mol. The Hall–Kier alpha value is -2.35. The Morgan fingerprint density at radius 3 is 2.44 bits per heavy atom. The Labute approximate surface area is 147 Å². The molecule has 0 aliphatic carbocycles. The van der Waals surface area contributed by atoms with Crippen LogP contribution in [0, 0.1) is 0 Å². The van der Waals surface area contributed by atoms with E-state index in [4.69, 9.17) is 4.74 Å². The fraction of sp³-hybridized carbons (Fsp3) is 0.412. The molecule has 134 valence electrons. The van der Waals surface area contributed by atoms with Crippen molar-refractivity contribution in [3.8, 4) is 5.88 Å². The van der Waals surface area contributed by atoms with E-state index in [1.807, 2.05) is 0 Å². The molecule has 0 bridgehead atoms. The highest BCUT2D eigenvalue weighted by Crippen LogP contribution is 2.26. The summed E-state index contributed by atoms with van der Waals surface area (Å²) in [6, 6.07) is 8.47. The maximum atomic E-state index is 12.7. The largest absolute Gasteiger partial charge is 0.479 e. The number of carbonyl (C=O) groups is 1. The summed E-state index contributed by atoms with van der Waals surface area (Å²) < 4.78 is 32.1. The van der Waals surface area contributed by atoms with Crippen molar-refractivity contribution < 1.29 is 17.9 Å². The van der Waals surface area contributed by atoms with E-state index < -0.39 is 15.1 Å². The zero-order chi connectivity index (χ0) is 18.0. The van der Waals surface area contributed by atoms with Crippen LogP contribution in [-0.4, -0.2) is 54.5 Å². The van der Waals surface area contributed by atoms with E-state index in [-0.39, 0.29) is 11.8 Å². The lowest BCUT2D eigenvalue weighted by Gasteiger charge is -2.31. The number of likely N-dealkylation sites (tertiary alicyclic amines) is 1. The molecule has 1 amide bonds. The van der Waals surface area contributed by atoms with Crippen LogP contribution in [0.1, 0.15) is 23.2 Å². The van der Waals surface area contributed by atoms with Gasteiger partial charge in [0, 0.05) is 26.3 Å². The molecule has 0 spiro atoms. The number of methoxy groups -OCH3 is 1. The van der Waals surface area contributed by atoms with Gasteiger partial charge in [-0.05, 0) is 25.0 Å². The van der Waals surface area contributed by atoms with Crippen molar-refractivity contribution in [2.45, 2.75) is 23.0 Å². The molecule has 2 aromatic rings. The van der Waals surface area contributed by atoms with Gasteiger partial charge in [0.05, 0.1) is 17.3 Å². The summed E-state index contributed by atoms with van der Waals surface area (Å²) >= 11 is 0. The van der Waals surface area contributed by atoms with Crippen molar-refractivity contribution in [3.63, 3.8) is 0 Å². The minimum Gasteiger partial charge on any atom is -0.479 e. The number of aromatic nitrogens is 2. The van der Waals surface area contributed by atoms with Gasteiger partial charge < -0.3 is 9.64 Å². The van der Waals surface area contributed by atoms with Gasteiger partial charge >= 0.3 is 0 Å². The SMILES string of the molecule is COc1nn(C)cc1C(=O)N1CCC(S(=O)(=O)c2ccccc2)CC1. The summed E-state index contributed by atoms with van der Waals surface area (Å²) in [5.41, 5.74) is 0.398. The van der Waals surface area contributed by atoms with Crippen molar-refractivity contribution in [3.05, 3.63) is 42.1 Å². The molecular weight excluding hydrogens is 342 g/mol. The van der Waals surface area contributed by atoms with E-state index in [1.54, 1.807) is 48.5 Å². The zero-order valence-corrected chi connectivity index (χ0v) is 15.1. The molecule has 2 heterocycles. The van der Waals surface area contributed by atoms with Gasteiger partial charge in [0.2, 0.25) is 5.88 Å². The van der Waals surface area contributed by atoms with E-state index in [9.17, 15) is 13.2 Å². The normalized spacial score (nSPS) is 16.0. The Morgan fingerprint density at radius 2 is 1.84 bits per heavy atom. The van der Waals surface area contributed by atoms with Gasteiger partial charge in [0.1, 0.15) is 5.56 Å². The molecule has 0 radical (unpaired) electrons. The van der Waals surface area contributed by atoms with Crippen LogP contribution in [-0.2, 0) is 16.9 Å². The van der Waals surface area contributed by atoms with E-state index in [2.05, 4.69) is 5.10 Å². The third-order valence-corrected chi connectivity index (χ3v) is 6.74. The molecule has 1 aromatic carbocycles. The molecular formula is C17H21N3O4S. The number of rotatable bonds is 4. The summed E-state index contributed by atoms with van der Waals surface area (Å²) in [6.45, 7) is 0.793. The molecule has 3 rings (SSSR count). The summed E-state index contributed by atoms with van der Waals surface area (Å²) in [4.78, 5) is 14.7. The van der Waals surface area contributed by atoms with E-state index in [1.165, 1.54) is 11.8 Å². The summed E-state index contributed by atoms with van der Waals surface area (Å²) in [6.07, 6.45) is 2.46. The molecule has 0 N–H and O–H groups in total. The summed E-state index contributed by atoms with van der Waals surface area (Å²) in [7, 11) is -0.173. The second-order valence-corrected chi connectivity index (χ2v) is 8.30. The molecule has 25 heavy (non-hydrogen) atoms. The third-order valence-electron chi connectivity index (χ3n) is 4.46. The molecule has 0 atom stereocenters. The second kappa shape index (κ2) is 6.87. The van der Waals surface area contributed by atoms with Gasteiger partial charge in [-0.3, -0.25) is 9.48 Å². The van der Waals surface area contributed by atoms with Gasteiger partial charge in [0.25, 0.3) is 5.91 Å². The number of sulfone groups is 1. The highest BCUT2D eigenvalue weighted by molar-refractivity contribution is 7.92. The van der Waals surface area contributed by atoms with Crippen LogP contribution in [0.4, 0.5) is 0 Å². The smallest absolute Gasteiger partial charge is 0.260 e. The topological polar surface area (TPSA) is 81.5 Å². The maximum absolute atomic E-state index is 12.7. The average molecular weight is 363 g/mol. The first-order valence-corrected chi connectivity index (χ1v) is 9.64. The molecule has 0 unspecified atom stereocenters. The van der Waals surface area contributed by atoms with Crippen molar-refractivity contribution in [2.24, 2.45) is 7.05 Å².